The van der Waals surface area contributed by atoms with Crippen LogP contribution in [-0.2, 0) is 22.6 Å². The van der Waals surface area contributed by atoms with Crippen molar-refractivity contribution in [3.63, 3.8) is 0 Å². The normalized spacial score (nSPS) is 13.2. The Bertz CT molecular complexity index is 1070. The Hall–Kier alpha value is -3.39. The molecule has 1 aromatic heterocycles. The predicted octanol–water partition coefficient (Wildman–Crippen LogP) is 4.37. The van der Waals surface area contributed by atoms with Crippen LogP contribution in [0.2, 0.25) is 0 Å². The van der Waals surface area contributed by atoms with Crippen molar-refractivity contribution in [3.8, 4) is 11.5 Å². The highest BCUT2D eigenvalue weighted by molar-refractivity contribution is 7.14. The van der Waals surface area contributed by atoms with Crippen LogP contribution >= 0.6 is 11.3 Å². The maximum Gasteiger partial charge on any atom is 0.228 e. The second kappa shape index (κ2) is 12.2. The number of anilines is 1. The first-order valence-corrected chi connectivity index (χ1v) is 12.5. The number of nitrogens with one attached hydrogen (secondary N) is 1. The van der Waals surface area contributed by atoms with Gasteiger partial charge in [-0.1, -0.05) is 30.3 Å². The van der Waals surface area contributed by atoms with Crippen molar-refractivity contribution in [3.05, 3.63) is 71.2 Å². The molecule has 0 saturated carbocycles. The fourth-order valence-electron chi connectivity index (χ4n) is 3.60. The second-order valence-corrected chi connectivity index (χ2v) is 8.93. The van der Waals surface area contributed by atoms with Crippen LogP contribution in [0.5, 0.6) is 11.5 Å². The van der Waals surface area contributed by atoms with E-state index in [1.165, 1.54) is 11.3 Å². The van der Waals surface area contributed by atoms with Gasteiger partial charge in [0.1, 0.15) is 18.1 Å². The van der Waals surface area contributed by atoms with Gasteiger partial charge >= 0.3 is 0 Å². The molecule has 0 atom stereocenters. The van der Waals surface area contributed by atoms with Crippen LogP contribution in [0.3, 0.4) is 0 Å². The van der Waals surface area contributed by atoms with Crippen molar-refractivity contribution in [2.45, 2.75) is 38.7 Å². The highest BCUT2D eigenvalue weighted by Crippen LogP contribution is 2.25. The van der Waals surface area contributed by atoms with Crippen molar-refractivity contribution >= 4 is 28.3 Å². The largest absolute Gasteiger partial charge is 0.494 e. The highest BCUT2D eigenvalue weighted by atomic mass is 32.1. The first-order valence-electron chi connectivity index (χ1n) is 11.6. The van der Waals surface area contributed by atoms with Crippen molar-refractivity contribution in [1.29, 1.82) is 0 Å². The number of rotatable bonds is 12. The SMILES string of the molecule is O=C(Cc1csc(N2CCCC2=O)n1)NCCCCOc1ccc(OCc2ccccc2)cc1. The van der Waals surface area contributed by atoms with Crippen molar-refractivity contribution in [2.75, 3.05) is 24.6 Å². The van der Waals surface area contributed by atoms with E-state index < -0.39 is 0 Å². The minimum absolute atomic E-state index is 0.0587. The number of hydrogen-bond donors (Lipinski definition) is 1. The molecule has 1 aliphatic heterocycles. The van der Waals surface area contributed by atoms with Gasteiger partial charge in [0.05, 0.1) is 18.7 Å². The number of nitrogens with zero attached hydrogens (tertiary/aromatic N) is 2. The lowest BCUT2D eigenvalue weighted by Crippen LogP contribution is -2.27. The fourth-order valence-corrected chi connectivity index (χ4v) is 4.46. The number of benzene rings is 2. The van der Waals surface area contributed by atoms with Gasteiger partial charge in [-0.2, -0.15) is 0 Å². The number of hydrogen-bond acceptors (Lipinski definition) is 6. The van der Waals surface area contributed by atoms with Gasteiger partial charge < -0.3 is 14.8 Å². The average Bonchev–Trinajstić information content (AvgIpc) is 3.50. The average molecular weight is 480 g/mol. The summed E-state index contributed by atoms with van der Waals surface area (Å²) in [5.74, 6) is 1.65. The zero-order valence-corrected chi connectivity index (χ0v) is 19.9. The molecular formula is C26H29N3O4S. The Morgan fingerprint density at radius 2 is 1.79 bits per heavy atom. The monoisotopic (exact) mass is 479 g/mol. The molecule has 8 heteroatoms. The van der Waals surface area contributed by atoms with E-state index in [1.807, 2.05) is 60.0 Å². The van der Waals surface area contributed by atoms with Gasteiger partial charge in [-0.05, 0) is 49.1 Å². The lowest BCUT2D eigenvalue weighted by atomic mass is 10.2. The molecule has 2 amide bonds. The van der Waals surface area contributed by atoms with Gasteiger partial charge in [0.2, 0.25) is 11.8 Å². The molecule has 2 aromatic carbocycles. The van der Waals surface area contributed by atoms with Crippen LogP contribution in [0.1, 0.15) is 36.9 Å². The first-order chi connectivity index (χ1) is 16.7. The number of ether oxygens (including phenoxy) is 2. The summed E-state index contributed by atoms with van der Waals surface area (Å²) >= 11 is 1.42. The fraction of sp³-hybridized carbons (Fsp3) is 0.346. The third-order valence-electron chi connectivity index (χ3n) is 5.42. The van der Waals surface area contributed by atoms with Gasteiger partial charge in [0.25, 0.3) is 0 Å². The number of amides is 2. The molecule has 1 saturated heterocycles. The summed E-state index contributed by atoms with van der Waals surface area (Å²) < 4.78 is 11.6. The molecule has 0 unspecified atom stereocenters. The molecule has 1 N–H and O–H groups in total. The highest BCUT2D eigenvalue weighted by Gasteiger charge is 2.24. The summed E-state index contributed by atoms with van der Waals surface area (Å²) in [6.07, 6.45) is 3.34. The molecule has 0 spiro atoms. The minimum atomic E-state index is -0.0587. The third kappa shape index (κ3) is 7.05. The van der Waals surface area contributed by atoms with Gasteiger partial charge in [0, 0.05) is 24.9 Å². The standard InChI is InChI=1S/C26H29N3O4S/c30-24(17-21-19-34-26(28-21)29-15-6-9-25(29)31)27-14-4-5-16-32-22-10-12-23(13-11-22)33-18-20-7-2-1-3-8-20/h1-3,7-8,10-13,19H,4-6,9,14-18H2,(H,27,30). The first kappa shape index (κ1) is 23.8. The van der Waals surface area contributed by atoms with Gasteiger partial charge in [-0.25, -0.2) is 4.98 Å². The minimum Gasteiger partial charge on any atom is -0.494 e. The summed E-state index contributed by atoms with van der Waals surface area (Å²) in [6.45, 7) is 2.43. The molecule has 0 bridgehead atoms. The van der Waals surface area contributed by atoms with E-state index in [9.17, 15) is 9.59 Å². The zero-order chi connectivity index (χ0) is 23.6. The van der Waals surface area contributed by atoms with E-state index in [4.69, 9.17) is 9.47 Å². The maximum absolute atomic E-state index is 12.2. The summed E-state index contributed by atoms with van der Waals surface area (Å²) in [5.41, 5.74) is 1.83. The number of carbonyl (C=O) groups excluding carboxylic acids is 2. The van der Waals surface area contributed by atoms with Crippen molar-refractivity contribution in [1.82, 2.24) is 10.3 Å². The van der Waals surface area contributed by atoms with Gasteiger partial charge in [0.15, 0.2) is 5.13 Å². The molecular weight excluding hydrogens is 450 g/mol. The van der Waals surface area contributed by atoms with E-state index in [2.05, 4.69) is 10.3 Å². The molecule has 4 rings (SSSR count). The van der Waals surface area contributed by atoms with E-state index in [1.54, 1.807) is 4.90 Å². The smallest absolute Gasteiger partial charge is 0.228 e. The Morgan fingerprint density at radius 3 is 2.53 bits per heavy atom. The number of carbonyl (C=O) groups is 2. The molecule has 3 aromatic rings. The Kier molecular flexibility index (Phi) is 8.51. The van der Waals surface area contributed by atoms with E-state index >= 15 is 0 Å². The van der Waals surface area contributed by atoms with Crippen LogP contribution < -0.4 is 19.7 Å². The summed E-state index contributed by atoms with van der Waals surface area (Å²) in [5, 5.41) is 5.47. The van der Waals surface area contributed by atoms with E-state index in [0.29, 0.717) is 43.5 Å². The topological polar surface area (TPSA) is 80.8 Å². The van der Waals surface area contributed by atoms with Crippen LogP contribution in [0.4, 0.5) is 5.13 Å². The van der Waals surface area contributed by atoms with Crippen molar-refractivity contribution < 1.29 is 19.1 Å². The van der Waals surface area contributed by atoms with Crippen LogP contribution in [0.25, 0.3) is 0 Å². The Morgan fingerprint density at radius 1 is 1.03 bits per heavy atom. The predicted molar refractivity (Wildman–Crippen MR) is 132 cm³/mol. The molecule has 178 valence electrons. The molecule has 1 fully saturated rings. The van der Waals surface area contributed by atoms with Crippen LogP contribution in [-0.4, -0.2) is 36.5 Å². The van der Waals surface area contributed by atoms with Crippen molar-refractivity contribution in [2.24, 2.45) is 0 Å². The molecule has 0 aliphatic carbocycles. The molecule has 2 heterocycles. The zero-order valence-electron chi connectivity index (χ0n) is 19.1. The number of unbranched alkanes of at least 4 members (excludes halogenated alkanes) is 1. The molecule has 34 heavy (non-hydrogen) atoms. The summed E-state index contributed by atoms with van der Waals surface area (Å²) in [7, 11) is 0. The van der Waals surface area contributed by atoms with Gasteiger partial charge in [-0.15, -0.1) is 11.3 Å². The van der Waals surface area contributed by atoms with Gasteiger partial charge in [-0.3, -0.25) is 14.5 Å². The number of aromatic nitrogens is 1. The quantitative estimate of drug-likeness (QED) is 0.390. The second-order valence-electron chi connectivity index (χ2n) is 8.10. The Labute approximate surface area is 203 Å². The third-order valence-corrected chi connectivity index (χ3v) is 6.33. The molecule has 1 aliphatic rings. The summed E-state index contributed by atoms with van der Waals surface area (Å²) in [6, 6.07) is 17.7. The van der Waals surface area contributed by atoms with E-state index in [0.717, 1.165) is 36.3 Å². The lowest BCUT2D eigenvalue weighted by Gasteiger charge is -2.10. The lowest BCUT2D eigenvalue weighted by molar-refractivity contribution is -0.120. The molecule has 7 nitrogen and oxygen atoms in total. The maximum atomic E-state index is 12.2. The van der Waals surface area contributed by atoms with Crippen LogP contribution in [0.15, 0.2) is 60.0 Å². The summed E-state index contributed by atoms with van der Waals surface area (Å²) in [4.78, 5) is 30.1. The molecule has 0 radical (unpaired) electrons. The van der Waals surface area contributed by atoms with Crippen LogP contribution in [0, 0.1) is 0 Å². The van der Waals surface area contributed by atoms with E-state index in [-0.39, 0.29) is 18.2 Å². The number of thiazole rings is 1. The Balaban J connectivity index is 1.07.